The van der Waals surface area contributed by atoms with Crippen molar-refractivity contribution in [2.75, 3.05) is 5.75 Å². The van der Waals surface area contributed by atoms with Crippen LogP contribution in [0.15, 0.2) is 106 Å². The third-order valence-electron chi connectivity index (χ3n) is 8.89. The predicted molar refractivity (Wildman–Crippen MR) is 170 cm³/mol. The Labute approximate surface area is 271 Å². The number of rotatable bonds is 10. The molecule has 3 aromatic carbocycles. The molecule has 46 heavy (non-hydrogen) atoms. The molecule has 1 atom stereocenters. The van der Waals surface area contributed by atoms with Crippen molar-refractivity contribution >= 4 is 33.0 Å². The zero-order valence-electron chi connectivity index (χ0n) is 25.6. The van der Waals surface area contributed by atoms with Crippen LogP contribution in [0.25, 0.3) is 0 Å². The number of ether oxygens (including phenoxy) is 2. The second kappa shape index (κ2) is 14.2. The van der Waals surface area contributed by atoms with Gasteiger partial charge in [-0.2, -0.15) is 17.2 Å². The van der Waals surface area contributed by atoms with Crippen molar-refractivity contribution < 1.29 is 40.8 Å². The van der Waals surface area contributed by atoms with Crippen LogP contribution in [0.2, 0.25) is 0 Å². The van der Waals surface area contributed by atoms with E-state index in [1.165, 1.54) is 21.6 Å². The van der Waals surface area contributed by atoms with Crippen LogP contribution in [0.1, 0.15) is 51.9 Å². The van der Waals surface area contributed by atoms with Crippen molar-refractivity contribution in [3.8, 4) is 0 Å². The summed E-state index contributed by atoms with van der Waals surface area (Å²) in [5.74, 6) is -2.72. The Bertz CT molecular complexity index is 1460. The fraction of sp³-hybridized carbons (Fsp3) is 0.429. The summed E-state index contributed by atoms with van der Waals surface area (Å²) in [7, 11) is -5.06. The monoisotopic (exact) mass is 673 g/mol. The van der Waals surface area contributed by atoms with Crippen LogP contribution in [0.3, 0.4) is 0 Å². The minimum Gasteiger partial charge on any atom is -0.450 e. The lowest BCUT2D eigenvalue weighted by molar-refractivity contribution is -0.232. The van der Waals surface area contributed by atoms with Gasteiger partial charge in [0.15, 0.2) is 26.5 Å². The smallest absolute Gasteiger partial charge is 0.416 e. The van der Waals surface area contributed by atoms with Gasteiger partial charge < -0.3 is 9.47 Å². The zero-order valence-corrected chi connectivity index (χ0v) is 27.2. The highest BCUT2D eigenvalue weighted by atomic mass is 32.2. The minimum absolute atomic E-state index is 0.0146. The van der Waals surface area contributed by atoms with Gasteiger partial charge in [0, 0.05) is 0 Å². The molecular formula is C35H39F2O7S2+. The molecule has 3 aromatic rings. The molecular weight excluding hydrogens is 635 g/mol. The van der Waals surface area contributed by atoms with E-state index in [4.69, 9.17) is 9.29 Å². The fourth-order valence-electron chi connectivity index (χ4n) is 7.45. The van der Waals surface area contributed by atoms with Crippen LogP contribution >= 0.6 is 0 Å². The Hall–Kier alpha value is -3.28. The molecule has 7 nitrogen and oxygen atoms in total. The number of halogens is 2. The third kappa shape index (κ3) is 8.54. The van der Waals surface area contributed by atoms with Gasteiger partial charge in [-0.1, -0.05) is 61.5 Å². The second-order valence-electron chi connectivity index (χ2n) is 12.5. The second-order valence-corrected chi connectivity index (χ2v) is 16.0. The maximum absolute atomic E-state index is 13.5. The first kappa shape index (κ1) is 34.1. The van der Waals surface area contributed by atoms with Crippen molar-refractivity contribution in [1.29, 1.82) is 0 Å². The molecule has 4 aliphatic carbocycles. The molecule has 0 spiro atoms. The van der Waals surface area contributed by atoms with E-state index in [1.54, 1.807) is 0 Å². The summed E-state index contributed by atoms with van der Waals surface area (Å²) in [6.45, 7) is 1.47. The molecule has 4 saturated carbocycles. The van der Waals surface area contributed by atoms with Crippen molar-refractivity contribution in [3.63, 3.8) is 0 Å². The molecule has 1 N–H and O–H groups in total. The summed E-state index contributed by atoms with van der Waals surface area (Å²) < 4.78 is 65.9. The number of carbonyl (C=O) groups excluding carboxylic acids is 2. The predicted octanol–water partition coefficient (Wildman–Crippen LogP) is 7.33. The van der Waals surface area contributed by atoms with E-state index in [2.05, 4.69) is 95.7 Å². The number of benzene rings is 3. The van der Waals surface area contributed by atoms with Crippen LogP contribution in [0.5, 0.6) is 0 Å². The van der Waals surface area contributed by atoms with Gasteiger partial charge in [0.1, 0.15) is 0 Å². The van der Waals surface area contributed by atoms with Crippen LogP contribution < -0.4 is 0 Å². The van der Waals surface area contributed by atoms with E-state index < -0.39 is 45.4 Å². The summed E-state index contributed by atoms with van der Waals surface area (Å²) in [4.78, 5) is 28.9. The van der Waals surface area contributed by atoms with Crippen LogP contribution in [-0.4, -0.2) is 42.9 Å². The van der Waals surface area contributed by atoms with Crippen LogP contribution in [0.4, 0.5) is 8.78 Å². The summed E-state index contributed by atoms with van der Waals surface area (Å²) in [5.41, 5.74) is -0.653. The molecule has 0 heterocycles. The number of alkyl halides is 2. The summed E-state index contributed by atoms with van der Waals surface area (Å²) >= 11 is 0. The average molecular weight is 674 g/mol. The van der Waals surface area contributed by atoms with Crippen molar-refractivity contribution in [2.24, 2.45) is 23.2 Å². The molecule has 0 radical (unpaired) electrons. The lowest BCUT2D eigenvalue weighted by atomic mass is 9.49. The summed E-state index contributed by atoms with van der Waals surface area (Å²) in [6, 6.07) is 32.2. The summed E-state index contributed by atoms with van der Waals surface area (Å²) in [6.07, 6.45) is -0.635. The van der Waals surface area contributed by atoms with E-state index >= 15 is 0 Å². The molecule has 0 aliphatic heterocycles. The Morgan fingerprint density at radius 3 is 1.57 bits per heavy atom. The van der Waals surface area contributed by atoms with Crippen molar-refractivity contribution in [3.05, 3.63) is 91.0 Å². The topological polar surface area (TPSA) is 107 Å². The molecule has 246 valence electrons. The highest BCUT2D eigenvalue weighted by Crippen LogP contribution is 2.60. The van der Waals surface area contributed by atoms with Gasteiger partial charge in [0.25, 0.3) is 10.1 Å². The van der Waals surface area contributed by atoms with E-state index in [-0.39, 0.29) is 17.3 Å². The van der Waals surface area contributed by atoms with Gasteiger partial charge in [-0.3, -0.25) is 9.35 Å². The number of esters is 2. The number of hydrogen-bond donors (Lipinski definition) is 1. The van der Waals surface area contributed by atoms with Gasteiger partial charge in [-0.15, -0.1) is 0 Å². The van der Waals surface area contributed by atoms with E-state index in [0.29, 0.717) is 37.0 Å². The third-order valence-corrected chi connectivity index (χ3v) is 11.8. The van der Waals surface area contributed by atoms with Gasteiger partial charge >= 0.3 is 18.0 Å². The fourth-order valence-corrected chi connectivity index (χ4v) is 10.0. The Kier molecular flexibility index (Phi) is 10.5. The van der Waals surface area contributed by atoms with Gasteiger partial charge in [0.05, 0.1) is 16.3 Å². The van der Waals surface area contributed by atoms with E-state index in [9.17, 15) is 26.8 Å². The van der Waals surface area contributed by atoms with E-state index in [0.717, 1.165) is 19.3 Å². The largest absolute Gasteiger partial charge is 0.450 e. The van der Waals surface area contributed by atoms with Gasteiger partial charge in [-0.05, 0) is 99.1 Å². The molecule has 4 fully saturated rings. The quantitative estimate of drug-likeness (QED) is 0.136. The standard InChI is InChI=1S/C18H15S.C17H24F2O7S/c1-4-10-16(11-5-1)19(17-12-6-2-7-13-17)18-14-8-3-9-15-18;1-2-13(14(20)26-17(18,19)9-27(22,23)24)25-15(21)16-6-10-3-11(7-16)5-12(4-10)8-16/h1-15H;10-13H,2-9H2,1H3,(H,22,23,24)/q+1;. The summed E-state index contributed by atoms with van der Waals surface area (Å²) in [5, 5.41) is 0. The number of carbonyl (C=O) groups is 2. The maximum Gasteiger partial charge on any atom is 0.416 e. The first-order valence-corrected chi connectivity index (χ1v) is 18.4. The van der Waals surface area contributed by atoms with Crippen LogP contribution in [-0.2, 0) is 40.1 Å². The van der Waals surface area contributed by atoms with Crippen LogP contribution in [0, 0.1) is 23.2 Å². The Morgan fingerprint density at radius 2 is 1.22 bits per heavy atom. The van der Waals surface area contributed by atoms with Crippen molar-refractivity contribution in [2.45, 2.75) is 78.8 Å². The molecule has 0 saturated heterocycles. The molecule has 11 heteroatoms. The Balaban J connectivity index is 0.000000192. The van der Waals surface area contributed by atoms with E-state index in [1.807, 2.05) is 0 Å². The normalized spacial score (nSPS) is 24.1. The number of hydrogen-bond acceptors (Lipinski definition) is 6. The maximum atomic E-state index is 13.5. The van der Waals surface area contributed by atoms with Gasteiger partial charge in [-0.25, -0.2) is 4.79 Å². The lowest BCUT2D eigenvalue weighted by Gasteiger charge is -2.55. The molecule has 1 unspecified atom stereocenters. The highest BCUT2D eigenvalue weighted by Gasteiger charge is 2.56. The lowest BCUT2D eigenvalue weighted by Crippen LogP contribution is -2.51. The first-order valence-electron chi connectivity index (χ1n) is 15.5. The molecule has 0 amide bonds. The molecule has 0 aromatic heterocycles. The highest BCUT2D eigenvalue weighted by molar-refractivity contribution is 7.97. The molecule has 4 bridgehead atoms. The minimum atomic E-state index is -5.05. The first-order chi connectivity index (χ1) is 21.9. The van der Waals surface area contributed by atoms with Crippen molar-refractivity contribution in [1.82, 2.24) is 0 Å². The molecule has 7 rings (SSSR count). The Morgan fingerprint density at radius 1 is 0.826 bits per heavy atom. The SMILES string of the molecule is CCC(OC(=O)C12CC3CC(CC(C3)C1)C2)C(=O)OC(F)(F)CS(=O)(=O)O.c1ccc([S+](c2ccccc2)c2ccccc2)cc1. The molecule has 4 aliphatic rings. The van der Waals surface area contributed by atoms with Gasteiger partial charge in [0.2, 0.25) is 0 Å². The zero-order chi connectivity index (χ0) is 33.0. The average Bonchev–Trinajstić information content (AvgIpc) is 2.99.